The van der Waals surface area contributed by atoms with Crippen molar-refractivity contribution in [3.63, 3.8) is 0 Å². The monoisotopic (exact) mass is 252 g/mol. The van der Waals surface area contributed by atoms with Crippen LogP contribution in [-0.2, 0) is 0 Å². The second-order valence-electron chi connectivity index (χ2n) is 4.69. The van der Waals surface area contributed by atoms with Crippen LogP contribution >= 0.6 is 0 Å². The first kappa shape index (κ1) is 12.8. The summed E-state index contributed by atoms with van der Waals surface area (Å²) in [6.07, 6.45) is -0.539. The number of urea groups is 1. The molecule has 4 nitrogen and oxygen atoms in total. The van der Waals surface area contributed by atoms with Gasteiger partial charge in [0, 0.05) is 25.6 Å². The molecule has 0 saturated carbocycles. The first-order chi connectivity index (χ1) is 8.56. The van der Waals surface area contributed by atoms with Gasteiger partial charge >= 0.3 is 6.03 Å². The van der Waals surface area contributed by atoms with Crippen LogP contribution in [0.3, 0.4) is 0 Å². The van der Waals surface area contributed by atoms with Crippen LogP contribution in [-0.4, -0.2) is 41.8 Å². The third kappa shape index (κ3) is 2.98. The van der Waals surface area contributed by atoms with Gasteiger partial charge in [0.15, 0.2) is 0 Å². The zero-order chi connectivity index (χ0) is 13.1. The van der Waals surface area contributed by atoms with Crippen molar-refractivity contribution in [2.45, 2.75) is 18.9 Å². The number of halogens is 1. The zero-order valence-electron chi connectivity index (χ0n) is 10.3. The van der Waals surface area contributed by atoms with Crippen molar-refractivity contribution in [3.05, 3.63) is 35.6 Å². The minimum Gasteiger partial charge on any atom is -0.392 e. The maximum atomic E-state index is 12.8. The van der Waals surface area contributed by atoms with Crippen LogP contribution in [0.5, 0.6) is 0 Å². The van der Waals surface area contributed by atoms with Crippen LogP contribution in [0.15, 0.2) is 24.3 Å². The molecule has 0 aliphatic carbocycles. The van der Waals surface area contributed by atoms with Crippen LogP contribution in [0.4, 0.5) is 9.18 Å². The number of hydrogen-bond donors (Lipinski definition) is 2. The van der Waals surface area contributed by atoms with E-state index in [2.05, 4.69) is 5.32 Å². The minimum atomic E-state index is -0.539. The minimum absolute atomic E-state index is 0.158. The number of amides is 2. The normalized spacial score (nSPS) is 17.2. The van der Waals surface area contributed by atoms with E-state index in [0.29, 0.717) is 13.1 Å². The number of hydrogen-bond acceptors (Lipinski definition) is 2. The molecule has 5 heteroatoms. The third-order valence-electron chi connectivity index (χ3n) is 3.06. The molecule has 98 valence electrons. The predicted molar refractivity (Wildman–Crippen MR) is 65.8 cm³/mol. The van der Waals surface area contributed by atoms with Crippen LogP contribution in [0.1, 0.15) is 18.4 Å². The summed E-state index contributed by atoms with van der Waals surface area (Å²) in [6.45, 7) is 3.16. The fraction of sp³-hybridized carbons (Fsp3) is 0.462. The molecule has 0 bridgehead atoms. The Hall–Kier alpha value is -1.62. The topological polar surface area (TPSA) is 52.6 Å². The van der Waals surface area contributed by atoms with Gasteiger partial charge in [-0.25, -0.2) is 9.18 Å². The van der Waals surface area contributed by atoms with Gasteiger partial charge in [-0.05, 0) is 24.6 Å². The van der Waals surface area contributed by atoms with Crippen molar-refractivity contribution in [2.24, 2.45) is 0 Å². The number of aliphatic hydroxyl groups is 1. The lowest BCUT2D eigenvalue weighted by atomic mass is 9.92. The quantitative estimate of drug-likeness (QED) is 0.852. The fourth-order valence-electron chi connectivity index (χ4n) is 1.94. The van der Waals surface area contributed by atoms with Crippen molar-refractivity contribution in [1.82, 2.24) is 10.2 Å². The maximum Gasteiger partial charge on any atom is 0.317 e. The summed E-state index contributed by atoms with van der Waals surface area (Å²) >= 11 is 0. The van der Waals surface area contributed by atoms with Gasteiger partial charge in [0.1, 0.15) is 5.82 Å². The van der Waals surface area contributed by atoms with Gasteiger partial charge in [-0.2, -0.15) is 0 Å². The van der Waals surface area contributed by atoms with E-state index < -0.39 is 6.10 Å². The summed E-state index contributed by atoms with van der Waals surface area (Å²) in [5.74, 6) is 0.0347. The molecule has 18 heavy (non-hydrogen) atoms. The molecule has 2 rings (SSSR count). The number of carbonyl (C=O) groups excluding carboxylic acids is 1. The van der Waals surface area contributed by atoms with E-state index in [4.69, 9.17) is 5.11 Å². The van der Waals surface area contributed by atoms with E-state index in [-0.39, 0.29) is 24.3 Å². The molecule has 2 amide bonds. The first-order valence-electron chi connectivity index (χ1n) is 6.02. The van der Waals surface area contributed by atoms with Gasteiger partial charge in [0.25, 0.3) is 0 Å². The van der Waals surface area contributed by atoms with E-state index in [9.17, 15) is 9.18 Å². The van der Waals surface area contributed by atoms with Gasteiger partial charge in [-0.3, -0.25) is 0 Å². The number of nitrogens with zero attached hydrogens (tertiary/aromatic N) is 1. The average molecular weight is 252 g/mol. The average Bonchev–Trinajstić information content (AvgIpc) is 2.27. The van der Waals surface area contributed by atoms with Gasteiger partial charge in [0.2, 0.25) is 0 Å². The molecule has 1 heterocycles. The number of likely N-dealkylation sites (tertiary alicyclic amines) is 1. The number of aliphatic hydroxyl groups excluding tert-OH is 1. The Morgan fingerprint density at radius 1 is 1.50 bits per heavy atom. The molecule has 1 atom stereocenters. The standard InChI is InChI=1S/C13H17FN2O2/c1-9(17)6-15-13(18)16-7-11(8-16)10-2-4-12(14)5-3-10/h2-5,9,11,17H,6-8H2,1H3,(H,15,18)/t9-/m0/s1. The lowest BCUT2D eigenvalue weighted by molar-refractivity contribution is 0.141. The van der Waals surface area contributed by atoms with Gasteiger partial charge in [-0.1, -0.05) is 12.1 Å². The van der Waals surface area contributed by atoms with Crippen LogP contribution in [0.2, 0.25) is 0 Å². The highest BCUT2D eigenvalue weighted by atomic mass is 19.1. The fourth-order valence-corrected chi connectivity index (χ4v) is 1.94. The summed E-state index contributed by atoms with van der Waals surface area (Å²) < 4.78 is 12.8. The zero-order valence-corrected chi connectivity index (χ0v) is 10.3. The number of carbonyl (C=O) groups is 1. The SMILES string of the molecule is C[C@H](O)CNC(=O)N1CC(c2ccc(F)cc2)C1. The largest absolute Gasteiger partial charge is 0.392 e. The molecule has 0 spiro atoms. The van der Waals surface area contributed by atoms with Gasteiger partial charge in [-0.15, -0.1) is 0 Å². The summed E-state index contributed by atoms with van der Waals surface area (Å²) in [5.41, 5.74) is 1.05. The van der Waals surface area contributed by atoms with Crippen LogP contribution in [0.25, 0.3) is 0 Å². The highest BCUT2D eigenvalue weighted by molar-refractivity contribution is 5.75. The van der Waals surface area contributed by atoms with Crippen LogP contribution < -0.4 is 5.32 Å². The Morgan fingerprint density at radius 2 is 2.11 bits per heavy atom. The number of benzene rings is 1. The van der Waals surface area contributed by atoms with E-state index >= 15 is 0 Å². The molecule has 0 radical (unpaired) electrons. The first-order valence-corrected chi connectivity index (χ1v) is 6.02. The number of nitrogens with one attached hydrogen (secondary N) is 1. The smallest absolute Gasteiger partial charge is 0.317 e. The van der Waals surface area contributed by atoms with Crippen molar-refractivity contribution < 1.29 is 14.3 Å². The highest BCUT2D eigenvalue weighted by Gasteiger charge is 2.31. The summed E-state index contributed by atoms with van der Waals surface area (Å²) in [4.78, 5) is 13.3. The van der Waals surface area contributed by atoms with E-state index in [0.717, 1.165) is 5.56 Å². The Balaban J connectivity index is 1.79. The molecule has 2 N–H and O–H groups in total. The van der Waals surface area contributed by atoms with E-state index in [1.165, 1.54) is 12.1 Å². The molecule has 0 aromatic heterocycles. The van der Waals surface area contributed by atoms with Crippen LogP contribution in [0, 0.1) is 5.82 Å². The Labute approximate surface area is 105 Å². The summed E-state index contributed by atoms with van der Waals surface area (Å²) in [5, 5.41) is 11.7. The molecule has 1 aliphatic heterocycles. The van der Waals surface area contributed by atoms with E-state index in [1.54, 1.807) is 24.0 Å². The molecule has 1 aliphatic rings. The third-order valence-corrected chi connectivity index (χ3v) is 3.06. The molecule has 1 saturated heterocycles. The molecule has 1 fully saturated rings. The van der Waals surface area contributed by atoms with Crippen molar-refractivity contribution in [2.75, 3.05) is 19.6 Å². The lowest BCUT2D eigenvalue weighted by Crippen LogP contribution is -2.53. The van der Waals surface area contributed by atoms with E-state index in [1.807, 2.05) is 0 Å². The molecule has 1 aromatic carbocycles. The molecular weight excluding hydrogens is 235 g/mol. The summed E-state index contributed by atoms with van der Waals surface area (Å²) in [7, 11) is 0. The Kier molecular flexibility index (Phi) is 3.81. The van der Waals surface area contributed by atoms with Gasteiger partial charge < -0.3 is 15.3 Å². The molecule has 1 aromatic rings. The second-order valence-corrected chi connectivity index (χ2v) is 4.69. The van der Waals surface area contributed by atoms with Crippen molar-refractivity contribution in [1.29, 1.82) is 0 Å². The summed E-state index contributed by atoms with van der Waals surface area (Å²) in [6, 6.07) is 6.22. The Bertz CT molecular complexity index is 414. The lowest BCUT2D eigenvalue weighted by Gasteiger charge is -2.39. The van der Waals surface area contributed by atoms with Gasteiger partial charge in [0.05, 0.1) is 6.10 Å². The number of rotatable bonds is 3. The predicted octanol–water partition coefficient (Wildman–Crippen LogP) is 1.32. The van der Waals surface area contributed by atoms with Crippen molar-refractivity contribution >= 4 is 6.03 Å². The van der Waals surface area contributed by atoms with Crippen molar-refractivity contribution in [3.8, 4) is 0 Å². The second kappa shape index (κ2) is 5.35. The molecule has 0 unspecified atom stereocenters. The Morgan fingerprint density at radius 3 is 2.67 bits per heavy atom. The maximum absolute atomic E-state index is 12.8. The molecular formula is C13H17FN2O2. The highest BCUT2D eigenvalue weighted by Crippen LogP contribution is 2.26.